The summed E-state index contributed by atoms with van der Waals surface area (Å²) in [5, 5.41) is 4.37. The summed E-state index contributed by atoms with van der Waals surface area (Å²) in [5.74, 6) is -0.340. The Morgan fingerprint density at radius 3 is 3.07 bits per heavy atom. The van der Waals surface area contributed by atoms with E-state index in [0.717, 1.165) is 22.9 Å². The molecule has 1 unspecified atom stereocenters. The minimum atomic E-state index is -0.340. The van der Waals surface area contributed by atoms with Gasteiger partial charge in [-0.2, -0.15) is 0 Å². The summed E-state index contributed by atoms with van der Waals surface area (Å²) in [4.78, 5) is 16.6. The highest BCUT2D eigenvalue weighted by Gasteiger charge is 2.23. The smallest absolute Gasteiger partial charge is 0.357 e. The lowest BCUT2D eigenvalue weighted by atomic mass is 10.2. The van der Waals surface area contributed by atoms with E-state index >= 15 is 0 Å². The highest BCUT2D eigenvalue weighted by Crippen LogP contribution is 2.28. The molecule has 82 valence electrons. The Bertz CT molecular complexity index is 369. The zero-order valence-electron chi connectivity index (χ0n) is 8.87. The average Bonchev–Trinajstić information content (AvgIpc) is 2.84. The number of nitrogens with one attached hydrogen (secondary N) is 1. The Kier molecular flexibility index (Phi) is 3.02. The molecule has 1 aromatic heterocycles. The molecule has 0 spiro atoms. The molecule has 0 radical (unpaired) electrons. The Labute approximate surface area is 92.7 Å². The highest BCUT2D eigenvalue weighted by molar-refractivity contribution is 7.11. The molecule has 1 N–H and O–H groups in total. The van der Waals surface area contributed by atoms with Crippen molar-refractivity contribution in [2.24, 2.45) is 0 Å². The van der Waals surface area contributed by atoms with Gasteiger partial charge in [0.05, 0.1) is 13.2 Å². The average molecular weight is 226 g/mol. The van der Waals surface area contributed by atoms with Crippen LogP contribution in [-0.4, -0.2) is 24.6 Å². The van der Waals surface area contributed by atoms with Crippen LogP contribution in [0.3, 0.4) is 0 Å². The van der Waals surface area contributed by atoms with Gasteiger partial charge in [-0.3, -0.25) is 0 Å². The molecule has 2 rings (SSSR count). The van der Waals surface area contributed by atoms with Crippen LogP contribution in [0.15, 0.2) is 0 Å². The number of aromatic nitrogens is 1. The first kappa shape index (κ1) is 10.6. The zero-order chi connectivity index (χ0) is 10.8. The monoisotopic (exact) mass is 226 g/mol. The van der Waals surface area contributed by atoms with Crippen LogP contribution in [0.5, 0.6) is 0 Å². The van der Waals surface area contributed by atoms with Crippen LogP contribution in [0, 0.1) is 6.92 Å². The minimum Gasteiger partial charge on any atom is -0.464 e. The van der Waals surface area contributed by atoms with Crippen LogP contribution in [0.1, 0.15) is 39.3 Å². The van der Waals surface area contributed by atoms with Crippen molar-refractivity contribution in [2.75, 3.05) is 13.7 Å². The van der Waals surface area contributed by atoms with Gasteiger partial charge in [0.1, 0.15) is 5.01 Å². The van der Waals surface area contributed by atoms with Gasteiger partial charge < -0.3 is 10.1 Å². The summed E-state index contributed by atoms with van der Waals surface area (Å²) in [6, 6.07) is 0.326. The van der Waals surface area contributed by atoms with Crippen molar-refractivity contribution in [1.29, 1.82) is 0 Å². The fraction of sp³-hybridized carbons (Fsp3) is 0.600. The maximum atomic E-state index is 11.4. The van der Waals surface area contributed by atoms with Crippen molar-refractivity contribution in [3.63, 3.8) is 0 Å². The molecular weight excluding hydrogens is 212 g/mol. The quantitative estimate of drug-likeness (QED) is 0.779. The molecule has 1 saturated heterocycles. The van der Waals surface area contributed by atoms with Crippen LogP contribution >= 0.6 is 11.3 Å². The van der Waals surface area contributed by atoms with Crippen LogP contribution in [0.4, 0.5) is 0 Å². The van der Waals surface area contributed by atoms with Gasteiger partial charge in [0.2, 0.25) is 0 Å². The SMILES string of the molecule is COC(=O)c1nc(C2CCCN2)sc1C. The first-order valence-corrected chi connectivity index (χ1v) is 5.83. The molecule has 0 amide bonds. The van der Waals surface area contributed by atoms with Gasteiger partial charge in [-0.05, 0) is 26.3 Å². The molecule has 2 heterocycles. The highest BCUT2D eigenvalue weighted by atomic mass is 32.1. The van der Waals surface area contributed by atoms with Gasteiger partial charge in [0.15, 0.2) is 5.69 Å². The van der Waals surface area contributed by atoms with E-state index in [1.165, 1.54) is 13.5 Å². The summed E-state index contributed by atoms with van der Waals surface area (Å²) in [5.41, 5.74) is 0.464. The van der Waals surface area contributed by atoms with E-state index in [-0.39, 0.29) is 5.97 Å². The van der Waals surface area contributed by atoms with Gasteiger partial charge in [-0.1, -0.05) is 0 Å². The predicted molar refractivity (Wildman–Crippen MR) is 58.2 cm³/mol. The molecule has 1 aromatic rings. The minimum absolute atomic E-state index is 0.326. The van der Waals surface area contributed by atoms with Crippen LogP contribution < -0.4 is 5.32 Å². The molecule has 0 aromatic carbocycles. The standard InChI is InChI=1S/C10H14N2O2S/c1-6-8(10(13)14-2)12-9(15-6)7-4-3-5-11-7/h7,11H,3-5H2,1-2H3. The molecule has 15 heavy (non-hydrogen) atoms. The first-order chi connectivity index (χ1) is 7.22. The molecule has 1 atom stereocenters. The maximum Gasteiger partial charge on any atom is 0.357 e. The Balaban J connectivity index is 2.23. The number of thiazole rings is 1. The van der Waals surface area contributed by atoms with E-state index in [1.54, 1.807) is 11.3 Å². The largest absolute Gasteiger partial charge is 0.464 e. The summed E-state index contributed by atoms with van der Waals surface area (Å²) in [6.45, 7) is 2.94. The van der Waals surface area contributed by atoms with Gasteiger partial charge in [0.25, 0.3) is 0 Å². The number of ether oxygens (including phenoxy) is 1. The fourth-order valence-electron chi connectivity index (χ4n) is 1.75. The van der Waals surface area contributed by atoms with Crippen molar-refractivity contribution in [3.05, 3.63) is 15.6 Å². The number of aryl methyl sites for hydroxylation is 1. The lowest BCUT2D eigenvalue weighted by molar-refractivity contribution is 0.0594. The number of rotatable bonds is 2. The van der Waals surface area contributed by atoms with E-state index in [4.69, 9.17) is 0 Å². The fourth-order valence-corrected chi connectivity index (χ4v) is 2.77. The molecule has 1 aliphatic heterocycles. The molecular formula is C10H14N2O2S. The topological polar surface area (TPSA) is 51.2 Å². The first-order valence-electron chi connectivity index (χ1n) is 5.01. The molecule has 1 fully saturated rings. The number of methoxy groups -OCH3 is 1. The van der Waals surface area contributed by atoms with Gasteiger partial charge in [-0.15, -0.1) is 11.3 Å². The third-order valence-electron chi connectivity index (χ3n) is 2.55. The van der Waals surface area contributed by atoms with E-state index in [9.17, 15) is 4.79 Å². The summed E-state index contributed by atoms with van der Waals surface area (Å²) >= 11 is 1.58. The van der Waals surface area contributed by atoms with Crippen LogP contribution in [-0.2, 0) is 4.74 Å². The lowest BCUT2D eigenvalue weighted by Crippen LogP contribution is -2.13. The van der Waals surface area contributed by atoms with Crippen LogP contribution in [0.25, 0.3) is 0 Å². The van der Waals surface area contributed by atoms with Crippen molar-refractivity contribution in [1.82, 2.24) is 10.3 Å². The number of carbonyl (C=O) groups is 1. The zero-order valence-corrected chi connectivity index (χ0v) is 9.69. The number of nitrogens with zero attached hydrogens (tertiary/aromatic N) is 1. The maximum absolute atomic E-state index is 11.4. The van der Waals surface area contributed by atoms with Gasteiger partial charge >= 0.3 is 5.97 Å². The number of carbonyl (C=O) groups excluding carboxylic acids is 1. The van der Waals surface area contributed by atoms with Crippen molar-refractivity contribution < 1.29 is 9.53 Å². The van der Waals surface area contributed by atoms with Crippen molar-refractivity contribution >= 4 is 17.3 Å². The molecule has 0 bridgehead atoms. The molecule has 0 aliphatic carbocycles. The number of hydrogen-bond donors (Lipinski definition) is 1. The third-order valence-corrected chi connectivity index (χ3v) is 3.63. The van der Waals surface area contributed by atoms with E-state index < -0.39 is 0 Å². The van der Waals surface area contributed by atoms with Crippen molar-refractivity contribution in [2.45, 2.75) is 25.8 Å². The predicted octanol–water partition coefficient (Wildman–Crippen LogP) is 1.66. The second-order valence-electron chi connectivity index (χ2n) is 3.60. The Morgan fingerprint density at radius 1 is 1.67 bits per heavy atom. The third kappa shape index (κ3) is 2.03. The number of hydrogen-bond acceptors (Lipinski definition) is 5. The summed E-state index contributed by atoms with van der Waals surface area (Å²) in [7, 11) is 1.38. The molecule has 5 heteroatoms. The normalized spacial score (nSPS) is 20.5. The van der Waals surface area contributed by atoms with E-state index in [1.807, 2.05) is 6.92 Å². The molecule has 0 saturated carbocycles. The lowest BCUT2D eigenvalue weighted by Gasteiger charge is -2.04. The summed E-state index contributed by atoms with van der Waals surface area (Å²) < 4.78 is 4.68. The van der Waals surface area contributed by atoms with Gasteiger partial charge in [0, 0.05) is 4.88 Å². The van der Waals surface area contributed by atoms with Crippen molar-refractivity contribution in [3.8, 4) is 0 Å². The Morgan fingerprint density at radius 2 is 2.47 bits per heavy atom. The van der Waals surface area contributed by atoms with E-state index in [0.29, 0.717) is 11.7 Å². The second-order valence-corrected chi connectivity index (χ2v) is 4.83. The Hall–Kier alpha value is -0.940. The van der Waals surface area contributed by atoms with E-state index in [2.05, 4.69) is 15.0 Å². The second kappa shape index (κ2) is 4.28. The van der Waals surface area contributed by atoms with Crippen LogP contribution in [0.2, 0.25) is 0 Å². The van der Waals surface area contributed by atoms with Gasteiger partial charge in [-0.25, -0.2) is 9.78 Å². The number of esters is 1. The summed E-state index contributed by atoms with van der Waals surface area (Å²) in [6.07, 6.45) is 2.28. The molecule has 4 nitrogen and oxygen atoms in total. The molecule has 1 aliphatic rings.